The molecule has 1 aromatic carbocycles. The van der Waals surface area contributed by atoms with Gasteiger partial charge in [-0.15, -0.1) is 11.8 Å². The predicted molar refractivity (Wildman–Crippen MR) is 100.0 cm³/mol. The lowest BCUT2D eigenvalue weighted by Gasteiger charge is -2.25. The molecule has 6 nitrogen and oxygen atoms in total. The highest BCUT2D eigenvalue weighted by Gasteiger charge is 2.30. The number of para-hydroxylation sites is 1. The molecule has 0 radical (unpaired) electrons. The zero-order valence-electron chi connectivity index (χ0n) is 13.7. The van der Waals surface area contributed by atoms with Crippen LogP contribution in [0.1, 0.15) is 12.8 Å². The number of nitrogens with zero attached hydrogens (tertiary/aromatic N) is 3. The number of fused-ring (bicyclic) bond motifs is 1. The van der Waals surface area contributed by atoms with Crippen LogP contribution in [-0.2, 0) is 14.3 Å². The number of thioether (sulfide) groups is 1. The number of anilines is 1. The highest BCUT2D eigenvalue weighted by atomic mass is 32.2. The number of rotatable bonds is 5. The predicted octanol–water partition coefficient (Wildman–Crippen LogP) is 2.34. The molecule has 1 atom stereocenters. The SMILES string of the molecule is O=C1CSCN1CC(=O)N(C[C@@H]1CCCO1)c1nc2ccccc2s1. The number of thiazole rings is 1. The first-order valence-corrected chi connectivity index (χ1v) is 10.3. The highest BCUT2D eigenvalue weighted by Crippen LogP contribution is 2.30. The first kappa shape index (κ1) is 16.8. The van der Waals surface area contributed by atoms with E-state index in [1.807, 2.05) is 24.3 Å². The van der Waals surface area contributed by atoms with Gasteiger partial charge in [-0.2, -0.15) is 0 Å². The Balaban J connectivity index is 1.58. The van der Waals surface area contributed by atoms with Crippen LogP contribution in [0.5, 0.6) is 0 Å². The second kappa shape index (κ2) is 7.31. The number of hydrogen-bond acceptors (Lipinski definition) is 6. The van der Waals surface area contributed by atoms with Crippen LogP contribution in [0.4, 0.5) is 5.13 Å². The summed E-state index contributed by atoms with van der Waals surface area (Å²) in [7, 11) is 0. The number of hydrogen-bond donors (Lipinski definition) is 0. The van der Waals surface area contributed by atoms with Crippen LogP contribution in [0.2, 0.25) is 0 Å². The van der Waals surface area contributed by atoms with Gasteiger partial charge in [-0.25, -0.2) is 4.98 Å². The third-order valence-electron chi connectivity index (χ3n) is 4.38. The molecule has 2 aliphatic heterocycles. The Bertz CT molecular complexity index is 755. The van der Waals surface area contributed by atoms with Gasteiger partial charge in [-0.05, 0) is 25.0 Å². The zero-order chi connectivity index (χ0) is 17.2. The Morgan fingerprint density at radius 2 is 2.28 bits per heavy atom. The molecule has 2 fully saturated rings. The maximum atomic E-state index is 12.9. The summed E-state index contributed by atoms with van der Waals surface area (Å²) in [6, 6.07) is 7.87. The van der Waals surface area contributed by atoms with Gasteiger partial charge in [0, 0.05) is 6.61 Å². The van der Waals surface area contributed by atoms with E-state index in [0.717, 1.165) is 29.7 Å². The third-order valence-corrected chi connectivity index (χ3v) is 6.38. The fourth-order valence-electron chi connectivity index (χ4n) is 3.04. The van der Waals surface area contributed by atoms with Crippen LogP contribution in [0.15, 0.2) is 24.3 Å². The summed E-state index contributed by atoms with van der Waals surface area (Å²) in [6.45, 7) is 1.34. The fourth-order valence-corrected chi connectivity index (χ4v) is 4.94. The second-order valence-corrected chi connectivity index (χ2v) is 8.14. The van der Waals surface area contributed by atoms with Gasteiger partial charge >= 0.3 is 0 Å². The number of ether oxygens (including phenoxy) is 1. The van der Waals surface area contributed by atoms with Crippen molar-refractivity contribution in [3.63, 3.8) is 0 Å². The normalized spacial score (nSPS) is 20.6. The first-order chi connectivity index (χ1) is 12.2. The zero-order valence-corrected chi connectivity index (χ0v) is 15.4. The largest absolute Gasteiger partial charge is 0.376 e. The Morgan fingerprint density at radius 1 is 1.40 bits per heavy atom. The summed E-state index contributed by atoms with van der Waals surface area (Å²) >= 11 is 3.05. The Morgan fingerprint density at radius 3 is 3.00 bits per heavy atom. The van der Waals surface area contributed by atoms with Crippen molar-refractivity contribution >= 4 is 50.3 Å². The number of carbonyl (C=O) groups is 2. The molecule has 0 N–H and O–H groups in total. The molecule has 0 bridgehead atoms. The smallest absolute Gasteiger partial charge is 0.248 e. The minimum Gasteiger partial charge on any atom is -0.376 e. The van der Waals surface area contributed by atoms with Crippen LogP contribution in [-0.4, -0.2) is 59.1 Å². The fraction of sp³-hybridized carbons (Fsp3) is 0.471. The maximum Gasteiger partial charge on any atom is 0.248 e. The molecule has 1 aromatic heterocycles. The molecule has 2 aliphatic rings. The summed E-state index contributed by atoms with van der Waals surface area (Å²) in [5, 5.41) is 0.681. The molecular weight excluding hydrogens is 358 g/mol. The van der Waals surface area contributed by atoms with Crippen LogP contribution >= 0.6 is 23.1 Å². The molecule has 8 heteroatoms. The summed E-state index contributed by atoms with van der Waals surface area (Å²) in [6.07, 6.45) is 2.01. The van der Waals surface area contributed by atoms with Gasteiger partial charge < -0.3 is 9.64 Å². The number of aromatic nitrogens is 1. The number of amides is 2. The van der Waals surface area contributed by atoms with Crippen LogP contribution in [0, 0.1) is 0 Å². The number of benzene rings is 1. The van der Waals surface area contributed by atoms with Crippen molar-refractivity contribution in [2.45, 2.75) is 18.9 Å². The van der Waals surface area contributed by atoms with Crippen molar-refractivity contribution in [1.82, 2.24) is 9.88 Å². The van der Waals surface area contributed by atoms with E-state index in [1.54, 1.807) is 21.6 Å². The highest BCUT2D eigenvalue weighted by molar-refractivity contribution is 8.00. The summed E-state index contributed by atoms with van der Waals surface area (Å²) < 4.78 is 6.77. The molecule has 2 aromatic rings. The number of carbonyl (C=O) groups excluding carboxylic acids is 2. The molecule has 3 heterocycles. The van der Waals surface area contributed by atoms with Gasteiger partial charge in [0.1, 0.15) is 6.54 Å². The minimum absolute atomic E-state index is 0.0275. The molecule has 2 saturated heterocycles. The molecule has 0 saturated carbocycles. The average molecular weight is 377 g/mol. The standard InChI is InChI=1S/C17H19N3O3S2/c21-15(9-19-11-24-10-16(19)22)20(8-12-4-3-7-23-12)17-18-13-5-1-2-6-14(13)25-17/h1-2,5-6,12H,3-4,7-11H2/t12-/m0/s1. The lowest BCUT2D eigenvalue weighted by molar-refractivity contribution is -0.131. The van der Waals surface area contributed by atoms with Gasteiger partial charge in [0.05, 0.1) is 34.5 Å². The second-order valence-electron chi connectivity index (χ2n) is 6.17. The Hall–Kier alpha value is -1.64. The van der Waals surface area contributed by atoms with Crippen molar-refractivity contribution < 1.29 is 14.3 Å². The van der Waals surface area contributed by atoms with Gasteiger partial charge in [-0.1, -0.05) is 23.5 Å². The van der Waals surface area contributed by atoms with Crippen molar-refractivity contribution in [3.8, 4) is 0 Å². The van der Waals surface area contributed by atoms with E-state index in [9.17, 15) is 9.59 Å². The molecule has 4 rings (SSSR count). The molecule has 2 amide bonds. The summed E-state index contributed by atoms with van der Waals surface area (Å²) in [5.74, 6) is 0.975. The van der Waals surface area contributed by atoms with E-state index in [-0.39, 0.29) is 24.5 Å². The van der Waals surface area contributed by atoms with E-state index in [2.05, 4.69) is 4.98 Å². The maximum absolute atomic E-state index is 12.9. The van der Waals surface area contributed by atoms with E-state index in [1.165, 1.54) is 11.3 Å². The quantitative estimate of drug-likeness (QED) is 0.800. The molecule has 25 heavy (non-hydrogen) atoms. The van der Waals surface area contributed by atoms with Crippen molar-refractivity contribution in [2.24, 2.45) is 0 Å². The molecular formula is C17H19N3O3S2. The molecule has 132 valence electrons. The van der Waals surface area contributed by atoms with Crippen molar-refractivity contribution in [1.29, 1.82) is 0 Å². The van der Waals surface area contributed by atoms with Gasteiger partial charge in [0.2, 0.25) is 11.8 Å². The summed E-state index contributed by atoms with van der Waals surface area (Å²) in [4.78, 5) is 32.7. The van der Waals surface area contributed by atoms with Crippen molar-refractivity contribution in [3.05, 3.63) is 24.3 Å². The molecule has 0 unspecified atom stereocenters. The minimum atomic E-state index is -0.0922. The van der Waals surface area contributed by atoms with Crippen molar-refractivity contribution in [2.75, 3.05) is 36.2 Å². The molecule has 0 aliphatic carbocycles. The topological polar surface area (TPSA) is 62.7 Å². The monoisotopic (exact) mass is 377 g/mol. The van der Waals surface area contributed by atoms with E-state index >= 15 is 0 Å². The van der Waals surface area contributed by atoms with Crippen LogP contribution in [0.3, 0.4) is 0 Å². The van der Waals surface area contributed by atoms with E-state index in [0.29, 0.717) is 23.3 Å². The van der Waals surface area contributed by atoms with Crippen LogP contribution in [0.25, 0.3) is 10.2 Å². The Labute approximate surface area is 154 Å². The van der Waals surface area contributed by atoms with Gasteiger partial charge in [0.25, 0.3) is 0 Å². The average Bonchev–Trinajstić information content (AvgIpc) is 3.33. The van der Waals surface area contributed by atoms with Crippen LogP contribution < -0.4 is 4.90 Å². The van der Waals surface area contributed by atoms with Gasteiger partial charge in [0.15, 0.2) is 5.13 Å². The molecule has 0 spiro atoms. The summed E-state index contributed by atoms with van der Waals surface area (Å²) in [5.41, 5.74) is 0.889. The first-order valence-electron chi connectivity index (χ1n) is 8.34. The third kappa shape index (κ3) is 3.65. The lowest BCUT2D eigenvalue weighted by Crippen LogP contribution is -2.44. The Kier molecular flexibility index (Phi) is 4.91. The lowest BCUT2D eigenvalue weighted by atomic mass is 10.2. The van der Waals surface area contributed by atoms with E-state index < -0.39 is 0 Å². The van der Waals surface area contributed by atoms with Gasteiger partial charge in [-0.3, -0.25) is 14.5 Å². The van der Waals surface area contributed by atoms with E-state index in [4.69, 9.17) is 4.74 Å².